The Kier molecular flexibility index (Phi) is 6.50. The molecule has 0 radical (unpaired) electrons. The number of carbonyl (C=O) groups is 2. The predicted octanol–water partition coefficient (Wildman–Crippen LogP) is 5.07. The number of nitrogens with one attached hydrogen (secondary N) is 1. The number of rotatable bonds is 7. The zero-order valence-corrected chi connectivity index (χ0v) is 16.9. The van der Waals surface area contributed by atoms with E-state index in [0.717, 1.165) is 28.1 Å². The van der Waals surface area contributed by atoms with Crippen molar-refractivity contribution in [2.45, 2.75) is 39.7 Å². The first-order valence-electron chi connectivity index (χ1n) is 9.64. The second-order valence-electron chi connectivity index (χ2n) is 7.02. The number of amides is 1. The third kappa shape index (κ3) is 5.35. The number of esters is 1. The summed E-state index contributed by atoms with van der Waals surface area (Å²) in [5.74, 6) is 0.677. The molecule has 1 N–H and O–H groups in total. The van der Waals surface area contributed by atoms with Gasteiger partial charge in [0, 0.05) is 17.7 Å². The van der Waals surface area contributed by atoms with Gasteiger partial charge in [-0.15, -0.1) is 0 Å². The highest BCUT2D eigenvalue weighted by atomic mass is 16.5. The van der Waals surface area contributed by atoms with Crippen LogP contribution in [0.4, 0.5) is 5.69 Å². The zero-order chi connectivity index (χ0) is 20.8. The van der Waals surface area contributed by atoms with E-state index in [2.05, 4.69) is 5.32 Å². The number of anilines is 1. The molecule has 0 fully saturated rings. The Hall–Kier alpha value is -3.34. The fraction of sp³-hybridized carbons (Fsp3) is 0.250. The van der Waals surface area contributed by atoms with Crippen LogP contribution in [-0.2, 0) is 20.7 Å². The van der Waals surface area contributed by atoms with Crippen molar-refractivity contribution < 1.29 is 18.7 Å². The number of aryl methyl sites for hydroxylation is 3. The molecule has 0 saturated carbocycles. The molecule has 3 rings (SSSR count). The molecular formula is C24H25NO4. The van der Waals surface area contributed by atoms with Gasteiger partial charge < -0.3 is 14.5 Å². The molecule has 0 spiro atoms. The lowest BCUT2D eigenvalue weighted by molar-refractivity contribution is -0.153. The Bertz CT molecular complexity index is 971. The van der Waals surface area contributed by atoms with Crippen LogP contribution in [-0.4, -0.2) is 18.0 Å². The summed E-state index contributed by atoms with van der Waals surface area (Å²) in [6.07, 6.45) is -0.322. The van der Waals surface area contributed by atoms with Crippen molar-refractivity contribution in [2.24, 2.45) is 0 Å². The van der Waals surface area contributed by atoms with E-state index in [-0.39, 0.29) is 12.3 Å². The first kappa shape index (κ1) is 20.4. The Labute approximate surface area is 170 Å². The molecule has 1 amide bonds. The molecule has 0 aliphatic carbocycles. The summed E-state index contributed by atoms with van der Waals surface area (Å²) in [5.41, 5.74) is 3.66. The summed E-state index contributed by atoms with van der Waals surface area (Å²) in [4.78, 5) is 24.5. The van der Waals surface area contributed by atoms with E-state index in [1.54, 1.807) is 6.92 Å². The molecule has 0 saturated heterocycles. The number of hydrogen-bond acceptors (Lipinski definition) is 4. The maximum absolute atomic E-state index is 12.4. The predicted molar refractivity (Wildman–Crippen MR) is 113 cm³/mol. The highest BCUT2D eigenvalue weighted by molar-refractivity contribution is 5.96. The van der Waals surface area contributed by atoms with Crippen LogP contribution in [0.1, 0.15) is 30.2 Å². The average Bonchev–Trinajstić information content (AvgIpc) is 3.19. The van der Waals surface area contributed by atoms with Crippen LogP contribution >= 0.6 is 0 Å². The van der Waals surface area contributed by atoms with Gasteiger partial charge in [0.05, 0.1) is 6.42 Å². The van der Waals surface area contributed by atoms with Crippen LogP contribution in [0.2, 0.25) is 0 Å². The van der Waals surface area contributed by atoms with Gasteiger partial charge in [-0.3, -0.25) is 9.59 Å². The number of hydrogen-bond donors (Lipinski definition) is 1. The number of benzene rings is 2. The second-order valence-corrected chi connectivity index (χ2v) is 7.02. The van der Waals surface area contributed by atoms with Crippen molar-refractivity contribution in [1.82, 2.24) is 0 Å². The van der Waals surface area contributed by atoms with Gasteiger partial charge in [0.15, 0.2) is 6.10 Å². The Morgan fingerprint density at radius 3 is 2.34 bits per heavy atom. The molecule has 2 aromatic carbocycles. The standard InChI is InChI=1S/C24H25NO4/c1-16-8-7-9-17(2)23(16)25-24(27)18(3)28-22(26)15-13-20-12-14-21(29-20)19-10-5-4-6-11-19/h4-12,14,18H,13,15H2,1-3H3,(H,25,27)/t18-/m1/s1. The third-order valence-corrected chi connectivity index (χ3v) is 4.70. The molecule has 29 heavy (non-hydrogen) atoms. The minimum absolute atomic E-state index is 0.142. The van der Waals surface area contributed by atoms with Crippen molar-refractivity contribution in [3.8, 4) is 11.3 Å². The van der Waals surface area contributed by atoms with Gasteiger partial charge in [0.25, 0.3) is 5.91 Å². The van der Waals surface area contributed by atoms with Crippen LogP contribution < -0.4 is 5.32 Å². The summed E-state index contributed by atoms with van der Waals surface area (Å²) in [6, 6.07) is 19.3. The molecule has 5 heteroatoms. The van der Waals surface area contributed by atoms with E-state index in [9.17, 15) is 9.59 Å². The number of carbonyl (C=O) groups excluding carboxylic acids is 2. The Balaban J connectivity index is 1.50. The number of para-hydroxylation sites is 1. The van der Waals surface area contributed by atoms with Gasteiger partial charge in [-0.1, -0.05) is 48.5 Å². The van der Waals surface area contributed by atoms with Crippen molar-refractivity contribution in [1.29, 1.82) is 0 Å². The SMILES string of the molecule is Cc1cccc(C)c1NC(=O)[C@@H](C)OC(=O)CCc1ccc(-c2ccccc2)o1. The van der Waals surface area contributed by atoms with Gasteiger partial charge in [-0.2, -0.15) is 0 Å². The summed E-state index contributed by atoms with van der Waals surface area (Å²) in [7, 11) is 0. The molecule has 0 aliphatic rings. The summed E-state index contributed by atoms with van der Waals surface area (Å²) >= 11 is 0. The summed E-state index contributed by atoms with van der Waals surface area (Å²) < 4.78 is 11.1. The fourth-order valence-electron chi connectivity index (χ4n) is 3.04. The van der Waals surface area contributed by atoms with Gasteiger partial charge in [-0.05, 0) is 44.0 Å². The van der Waals surface area contributed by atoms with Crippen LogP contribution in [0.25, 0.3) is 11.3 Å². The lowest BCUT2D eigenvalue weighted by atomic mass is 10.1. The largest absolute Gasteiger partial charge is 0.461 e. The molecule has 5 nitrogen and oxygen atoms in total. The van der Waals surface area contributed by atoms with Crippen LogP contribution in [0, 0.1) is 13.8 Å². The Morgan fingerprint density at radius 2 is 1.66 bits per heavy atom. The van der Waals surface area contributed by atoms with Gasteiger partial charge in [-0.25, -0.2) is 0 Å². The monoisotopic (exact) mass is 391 g/mol. The Morgan fingerprint density at radius 1 is 0.966 bits per heavy atom. The lowest BCUT2D eigenvalue weighted by Crippen LogP contribution is -2.30. The first-order valence-corrected chi connectivity index (χ1v) is 9.64. The van der Waals surface area contributed by atoms with Crippen molar-refractivity contribution in [3.63, 3.8) is 0 Å². The van der Waals surface area contributed by atoms with Gasteiger partial charge in [0.2, 0.25) is 0 Å². The number of ether oxygens (including phenoxy) is 1. The minimum atomic E-state index is -0.877. The zero-order valence-electron chi connectivity index (χ0n) is 16.9. The first-order chi connectivity index (χ1) is 13.9. The molecular weight excluding hydrogens is 366 g/mol. The molecule has 1 heterocycles. The van der Waals surface area contributed by atoms with E-state index in [1.165, 1.54) is 0 Å². The molecule has 0 unspecified atom stereocenters. The fourth-order valence-corrected chi connectivity index (χ4v) is 3.04. The minimum Gasteiger partial charge on any atom is -0.461 e. The van der Waals surface area contributed by atoms with E-state index in [1.807, 2.05) is 74.5 Å². The molecule has 0 aliphatic heterocycles. The highest BCUT2D eigenvalue weighted by Crippen LogP contribution is 2.23. The van der Waals surface area contributed by atoms with Crippen molar-refractivity contribution in [3.05, 3.63) is 77.6 Å². The maximum atomic E-state index is 12.4. The van der Waals surface area contributed by atoms with Gasteiger partial charge >= 0.3 is 5.97 Å². The normalized spacial score (nSPS) is 11.7. The topological polar surface area (TPSA) is 68.5 Å². The van der Waals surface area contributed by atoms with Crippen molar-refractivity contribution >= 4 is 17.6 Å². The molecule has 1 aromatic heterocycles. The smallest absolute Gasteiger partial charge is 0.307 e. The highest BCUT2D eigenvalue weighted by Gasteiger charge is 2.19. The maximum Gasteiger partial charge on any atom is 0.307 e. The molecule has 1 atom stereocenters. The van der Waals surface area contributed by atoms with Crippen molar-refractivity contribution in [2.75, 3.05) is 5.32 Å². The molecule has 0 bridgehead atoms. The summed E-state index contributed by atoms with van der Waals surface area (Å²) in [6.45, 7) is 5.42. The van der Waals surface area contributed by atoms with E-state index < -0.39 is 12.1 Å². The van der Waals surface area contributed by atoms with E-state index in [0.29, 0.717) is 12.2 Å². The third-order valence-electron chi connectivity index (χ3n) is 4.70. The molecule has 150 valence electrons. The summed E-state index contributed by atoms with van der Waals surface area (Å²) in [5, 5.41) is 2.84. The van der Waals surface area contributed by atoms with E-state index >= 15 is 0 Å². The molecule has 3 aromatic rings. The van der Waals surface area contributed by atoms with Crippen LogP contribution in [0.15, 0.2) is 65.1 Å². The second kappa shape index (κ2) is 9.24. The lowest BCUT2D eigenvalue weighted by Gasteiger charge is -2.16. The average molecular weight is 391 g/mol. The van der Waals surface area contributed by atoms with Gasteiger partial charge in [0.1, 0.15) is 11.5 Å². The quantitative estimate of drug-likeness (QED) is 0.571. The number of furan rings is 1. The van der Waals surface area contributed by atoms with Crippen LogP contribution in [0.3, 0.4) is 0 Å². The van der Waals surface area contributed by atoms with Crippen LogP contribution in [0.5, 0.6) is 0 Å². The van der Waals surface area contributed by atoms with E-state index in [4.69, 9.17) is 9.15 Å².